The van der Waals surface area contributed by atoms with Crippen molar-refractivity contribution >= 4 is 22.8 Å². The first-order valence-corrected chi connectivity index (χ1v) is 12.0. The zero-order valence-corrected chi connectivity index (χ0v) is 20.9. The van der Waals surface area contributed by atoms with Gasteiger partial charge in [0, 0.05) is 31.4 Å². The number of aliphatic hydroxyl groups excluding tert-OH is 2. The minimum Gasteiger partial charge on any atom is -0.389 e. The largest absolute Gasteiger partial charge is 0.408 e. The van der Waals surface area contributed by atoms with Crippen LogP contribution in [0.2, 0.25) is 0 Å². The van der Waals surface area contributed by atoms with E-state index in [2.05, 4.69) is 4.98 Å². The lowest BCUT2D eigenvalue weighted by molar-refractivity contribution is -0.156. The summed E-state index contributed by atoms with van der Waals surface area (Å²) in [6.45, 7) is 2.35. The van der Waals surface area contributed by atoms with Gasteiger partial charge in [0.05, 0.1) is 17.6 Å². The fourth-order valence-corrected chi connectivity index (χ4v) is 4.46. The van der Waals surface area contributed by atoms with Gasteiger partial charge < -0.3 is 20.4 Å². The molecule has 1 saturated heterocycles. The lowest BCUT2D eigenvalue weighted by Crippen LogP contribution is -2.47. The number of carbonyl (C=O) groups is 1. The van der Waals surface area contributed by atoms with Gasteiger partial charge in [-0.2, -0.15) is 13.2 Å². The van der Waals surface area contributed by atoms with Gasteiger partial charge in [0.15, 0.2) is 28.9 Å². The molecule has 0 saturated carbocycles. The Hall–Kier alpha value is -3.72. The summed E-state index contributed by atoms with van der Waals surface area (Å²) in [7, 11) is 0. The molecule has 0 spiro atoms. The number of benzene rings is 1. The number of carbonyl (C=O) groups excluding carboxylic acids is 1. The van der Waals surface area contributed by atoms with E-state index in [1.807, 2.05) is 0 Å². The lowest BCUT2D eigenvalue weighted by Gasteiger charge is -2.24. The highest BCUT2D eigenvalue weighted by atomic mass is 19.4. The maximum Gasteiger partial charge on any atom is 0.408 e. The molecule has 3 aromatic rings. The van der Waals surface area contributed by atoms with Gasteiger partial charge in [-0.1, -0.05) is 13.8 Å². The first-order valence-electron chi connectivity index (χ1n) is 12.0. The normalized spacial score (nSPS) is 18.6. The van der Waals surface area contributed by atoms with Gasteiger partial charge in [-0.05, 0) is 18.4 Å². The summed E-state index contributed by atoms with van der Waals surface area (Å²) in [5, 5.41) is 20.6. The van der Waals surface area contributed by atoms with Gasteiger partial charge in [0.2, 0.25) is 5.43 Å². The number of nitrogens with zero attached hydrogens (tertiary/aromatic N) is 3. The number of nitrogens with one attached hydrogen (secondary N) is 1. The Bertz CT molecular complexity index is 1490. The monoisotopic (exact) mass is 576 g/mol. The molecule has 216 valence electrons. The molecular weight excluding hydrogens is 553 g/mol. The molecule has 0 unspecified atom stereocenters. The molecule has 1 amide bonds. The Morgan fingerprint density at radius 1 is 1.05 bits per heavy atom. The average molecular weight is 576 g/mol. The molecule has 0 aliphatic carbocycles. The van der Waals surface area contributed by atoms with Crippen LogP contribution in [0, 0.1) is 29.2 Å². The van der Waals surface area contributed by atoms with Crippen LogP contribution in [0.25, 0.3) is 16.7 Å². The van der Waals surface area contributed by atoms with Crippen LogP contribution >= 0.6 is 0 Å². The Morgan fingerprint density at radius 3 is 2.15 bits per heavy atom. The number of β-amino-alcohol motifs (C(OH)–C–C–N with tert-alkyl or cyclic N) is 2. The van der Waals surface area contributed by atoms with Gasteiger partial charge in [-0.15, -0.1) is 0 Å². The van der Waals surface area contributed by atoms with E-state index in [1.54, 1.807) is 5.32 Å². The van der Waals surface area contributed by atoms with E-state index < -0.39 is 99.5 Å². The summed E-state index contributed by atoms with van der Waals surface area (Å²) in [5.74, 6) is -8.18. The number of hydrogen-bond donors (Lipinski definition) is 3. The fourth-order valence-electron chi connectivity index (χ4n) is 4.46. The standard InChI is InChI=1S/C25H23F7N4O4/c1-10(2)3-19(25(30,31)32)33-24(40)13-7-36(20-14(27)4-11(26)5-15(20)28)22-12(21(13)39)6-16(29)23(34-22)35-8-17(37)18(38)9-35/h4-7,10,17-19,37-38H,3,8-9H2,1-2H3,(H,33,40)/t17-,18-,19+/m1/s1. The second kappa shape index (κ2) is 10.7. The smallest absolute Gasteiger partial charge is 0.389 e. The fraction of sp³-hybridized carbons (Fsp3) is 0.400. The highest BCUT2D eigenvalue weighted by molar-refractivity contribution is 5.97. The minimum atomic E-state index is -4.90. The van der Waals surface area contributed by atoms with Gasteiger partial charge in [0.1, 0.15) is 23.1 Å². The van der Waals surface area contributed by atoms with Gasteiger partial charge in [0.25, 0.3) is 5.91 Å². The second-order valence-electron chi connectivity index (χ2n) is 9.86. The molecule has 8 nitrogen and oxygen atoms in total. The number of rotatable bonds is 6. The molecule has 1 aliphatic rings. The van der Waals surface area contributed by atoms with E-state index in [9.17, 15) is 46.1 Å². The molecule has 1 aromatic carbocycles. The van der Waals surface area contributed by atoms with Crippen LogP contribution in [-0.4, -0.2) is 63.2 Å². The average Bonchev–Trinajstić information content (AvgIpc) is 3.16. The van der Waals surface area contributed by atoms with Crippen LogP contribution in [0.4, 0.5) is 36.6 Å². The van der Waals surface area contributed by atoms with Crippen LogP contribution in [0.3, 0.4) is 0 Å². The third kappa shape index (κ3) is 5.61. The molecule has 15 heteroatoms. The molecule has 0 radical (unpaired) electrons. The second-order valence-corrected chi connectivity index (χ2v) is 9.86. The summed E-state index contributed by atoms with van der Waals surface area (Å²) in [4.78, 5) is 31.2. The van der Waals surface area contributed by atoms with Crippen molar-refractivity contribution in [3.05, 3.63) is 63.5 Å². The first-order chi connectivity index (χ1) is 18.6. The molecule has 1 fully saturated rings. The van der Waals surface area contributed by atoms with Crippen molar-refractivity contribution in [3.8, 4) is 5.69 Å². The van der Waals surface area contributed by atoms with E-state index in [4.69, 9.17) is 0 Å². The summed E-state index contributed by atoms with van der Waals surface area (Å²) >= 11 is 0. The lowest BCUT2D eigenvalue weighted by atomic mass is 10.0. The number of aromatic nitrogens is 2. The van der Waals surface area contributed by atoms with E-state index in [0.717, 1.165) is 4.90 Å². The SMILES string of the molecule is CC(C)C[C@H](NC(=O)c1cn(-c2c(F)cc(F)cc2F)c2nc(N3C[C@@H](O)[C@H](O)C3)c(F)cc2c1=O)C(F)(F)F. The highest BCUT2D eigenvalue weighted by Crippen LogP contribution is 2.29. The van der Waals surface area contributed by atoms with Crippen molar-refractivity contribution in [3.63, 3.8) is 0 Å². The quantitative estimate of drug-likeness (QED) is 0.390. The van der Waals surface area contributed by atoms with E-state index >= 15 is 4.39 Å². The third-order valence-corrected chi connectivity index (χ3v) is 6.35. The van der Waals surface area contributed by atoms with Crippen molar-refractivity contribution < 1.29 is 45.7 Å². The van der Waals surface area contributed by atoms with Crippen molar-refractivity contribution in [2.45, 2.75) is 44.7 Å². The Morgan fingerprint density at radius 2 is 1.62 bits per heavy atom. The zero-order valence-electron chi connectivity index (χ0n) is 20.9. The summed E-state index contributed by atoms with van der Waals surface area (Å²) < 4.78 is 99.6. The number of fused-ring (bicyclic) bond motifs is 1. The molecule has 3 N–H and O–H groups in total. The topological polar surface area (TPSA) is 108 Å². The maximum absolute atomic E-state index is 15.1. The van der Waals surface area contributed by atoms with Crippen LogP contribution in [0.1, 0.15) is 30.6 Å². The van der Waals surface area contributed by atoms with E-state index in [0.29, 0.717) is 16.8 Å². The van der Waals surface area contributed by atoms with Crippen molar-refractivity contribution in [1.29, 1.82) is 0 Å². The molecule has 2 aromatic heterocycles. The highest BCUT2D eigenvalue weighted by Gasteiger charge is 2.41. The number of aliphatic hydroxyl groups is 2. The molecule has 0 bridgehead atoms. The van der Waals surface area contributed by atoms with Gasteiger partial charge >= 0.3 is 6.18 Å². The molecule has 3 atom stereocenters. The van der Waals surface area contributed by atoms with E-state index in [1.165, 1.54) is 13.8 Å². The minimum absolute atomic E-state index is 0.280. The van der Waals surface area contributed by atoms with Crippen molar-refractivity contribution in [2.75, 3.05) is 18.0 Å². The Balaban J connectivity index is 1.96. The number of amides is 1. The summed E-state index contributed by atoms with van der Waals surface area (Å²) in [6.07, 6.45) is -7.50. The molecule has 4 rings (SSSR count). The maximum atomic E-state index is 15.1. The number of hydrogen-bond acceptors (Lipinski definition) is 6. The molecule has 40 heavy (non-hydrogen) atoms. The summed E-state index contributed by atoms with van der Waals surface area (Å²) in [6, 6.07) is -1.25. The molecule has 3 heterocycles. The predicted molar refractivity (Wildman–Crippen MR) is 128 cm³/mol. The Kier molecular flexibility index (Phi) is 7.82. The van der Waals surface area contributed by atoms with Crippen LogP contribution in [0.5, 0.6) is 0 Å². The van der Waals surface area contributed by atoms with Crippen molar-refractivity contribution in [1.82, 2.24) is 14.9 Å². The number of pyridine rings is 2. The first kappa shape index (κ1) is 29.3. The number of alkyl halides is 3. The zero-order chi connectivity index (χ0) is 29.7. The van der Waals surface area contributed by atoms with Crippen LogP contribution in [-0.2, 0) is 0 Å². The van der Waals surface area contributed by atoms with Crippen molar-refractivity contribution in [2.24, 2.45) is 5.92 Å². The molecular formula is C25H23F7N4O4. The summed E-state index contributed by atoms with van der Waals surface area (Å²) in [5.41, 5.74) is -4.00. The van der Waals surface area contributed by atoms with Crippen LogP contribution < -0.4 is 15.6 Å². The number of anilines is 1. The molecule has 1 aliphatic heterocycles. The van der Waals surface area contributed by atoms with Gasteiger partial charge in [-0.3, -0.25) is 14.2 Å². The predicted octanol–water partition coefficient (Wildman–Crippen LogP) is 3.19. The third-order valence-electron chi connectivity index (χ3n) is 6.35. The Labute approximate surface area is 221 Å². The van der Waals surface area contributed by atoms with Crippen LogP contribution in [0.15, 0.2) is 29.2 Å². The van der Waals surface area contributed by atoms with E-state index in [-0.39, 0.29) is 25.2 Å². The van der Waals surface area contributed by atoms with Gasteiger partial charge in [-0.25, -0.2) is 22.5 Å². The number of halogens is 7.